The van der Waals surface area contributed by atoms with Crippen LogP contribution in [0.3, 0.4) is 0 Å². The molecule has 1 aliphatic heterocycles. The Hall–Kier alpha value is -6.32. The first-order chi connectivity index (χ1) is 28.5. The van der Waals surface area contributed by atoms with Crippen molar-refractivity contribution in [3.8, 4) is 33.4 Å². The molecule has 0 N–H and O–H groups in total. The summed E-state index contributed by atoms with van der Waals surface area (Å²) in [6, 6.07) is 48.4. The normalized spacial score (nSPS) is 14.3. The third-order valence-corrected chi connectivity index (χ3v) is 13.7. The molecule has 0 radical (unpaired) electrons. The third-order valence-electron chi connectivity index (χ3n) is 13.7. The van der Waals surface area contributed by atoms with Crippen molar-refractivity contribution in [2.75, 3.05) is 0 Å². The van der Waals surface area contributed by atoms with Gasteiger partial charge < -0.3 is 4.40 Å². The summed E-state index contributed by atoms with van der Waals surface area (Å²) in [4.78, 5) is 30.9. The molecule has 0 fully saturated rings. The van der Waals surface area contributed by atoms with Gasteiger partial charge in [0, 0.05) is 21.5 Å². The van der Waals surface area contributed by atoms with Crippen LogP contribution in [0, 0.1) is 0 Å². The number of hydrogen-bond donors (Lipinski definition) is 0. The lowest BCUT2D eigenvalue weighted by Crippen LogP contribution is -2.35. The fourth-order valence-electron chi connectivity index (χ4n) is 10.5. The van der Waals surface area contributed by atoms with Crippen molar-refractivity contribution in [1.29, 1.82) is 0 Å². The molecule has 0 saturated carbocycles. The molecule has 60 heavy (non-hydrogen) atoms. The van der Waals surface area contributed by atoms with E-state index in [4.69, 9.17) is 0 Å². The minimum absolute atomic E-state index is 0.0191. The van der Waals surface area contributed by atoms with Gasteiger partial charge in [0.2, 0.25) is 0 Å². The van der Waals surface area contributed by atoms with E-state index in [1.54, 1.807) is 0 Å². The minimum atomic E-state index is -0.844. The molecule has 2 aliphatic rings. The zero-order chi connectivity index (χ0) is 41.8. The second-order valence-corrected chi connectivity index (χ2v) is 20.5. The van der Waals surface area contributed by atoms with E-state index < -0.39 is 5.41 Å². The van der Waals surface area contributed by atoms with Crippen molar-refractivity contribution in [2.24, 2.45) is 0 Å². The maximum atomic E-state index is 15.4. The van der Waals surface area contributed by atoms with E-state index in [2.05, 4.69) is 200 Å². The topological polar surface area (TPSA) is 38.5 Å². The Morgan fingerprint density at radius 2 is 0.717 bits per heavy atom. The lowest BCUT2D eigenvalue weighted by molar-refractivity contribution is 0.586. The first-order valence-electron chi connectivity index (χ1n) is 21.3. The summed E-state index contributed by atoms with van der Waals surface area (Å²) < 4.78 is 2.33. The summed E-state index contributed by atoms with van der Waals surface area (Å²) in [6.45, 7) is 19.9. The molecule has 0 amide bonds. The molecule has 7 aromatic carbocycles. The zero-order valence-electron chi connectivity index (χ0n) is 36.0. The lowest BCUT2D eigenvalue weighted by atomic mass is 9.63. The largest absolute Gasteiger partial charge is 0.307 e. The second-order valence-electron chi connectivity index (χ2n) is 20.5. The van der Waals surface area contributed by atoms with Crippen LogP contribution in [0.1, 0.15) is 101 Å². The van der Waals surface area contributed by atoms with Crippen molar-refractivity contribution in [1.82, 2.24) is 4.40 Å². The highest BCUT2D eigenvalue weighted by atomic mass is 16.1. The van der Waals surface area contributed by atoms with Crippen LogP contribution in [0.2, 0.25) is 0 Å². The Kier molecular flexibility index (Phi) is 7.29. The van der Waals surface area contributed by atoms with Crippen LogP contribution in [0.25, 0.3) is 71.5 Å². The molecule has 3 heterocycles. The first-order valence-corrected chi connectivity index (χ1v) is 21.3. The van der Waals surface area contributed by atoms with Crippen molar-refractivity contribution in [3.05, 3.63) is 193 Å². The summed E-state index contributed by atoms with van der Waals surface area (Å²) in [7, 11) is 0. The van der Waals surface area contributed by atoms with E-state index in [9.17, 15) is 0 Å². The van der Waals surface area contributed by atoms with E-state index in [0.29, 0.717) is 21.5 Å². The first kappa shape index (κ1) is 36.7. The van der Waals surface area contributed by atoms with Crippen LogP contribution in [-0.4, -0.2) is 4.40 Å². The number of pyridine rings is 2. The van der Waals surface area contributed by atoms with Crippen molar-refractivity contribution < 1.29 is 0 Å². The van der Waals surface area contributed by atoms with E-state index in [0.717, 1.165) is 66.6 Å². The molecule has 0 bridgehead atoms. The number of benzene rings is 7. The average molecular weight is 780 g/mol. The van der Waals surface area contributed by atoms with Crippen molar-refractivity contribution in [3.63, 3.8) is 0 Å². The molecule has 11 rings (SSSR count). The lowest BCUT2D eigenvalue weighted by Gasteiger charge is -2.41. The van der Waals surface area contributed by atoms with Gasteiger partial charge in [-0.05, 0) is 125 Å². The molecular weight excluding hydrogens is 731 g/mol. The SMILES string of the molecule is CC(C)(C)c1cc2c3c(c1)c(=O)c1cc(C(C)(C)C)cc4c(=O)c5cc(C(C)(C)C)cc(c5n3c14)C21c2ccc(-c3ccccc3)cc2-c2cc(-c3ccccc3)ccc21. The van der Waals surface area contributed by atoms with E-state index >= 15 is 9.59 Å². The van der Waals surface area contributed by atoms with Gasteiger partial charge >= 0.3 is 0 Å². The van der Waals surface area contributed by atoms with E-state index in [-0.39, 0.29) is 27.1 Å². The van der Waals surface area contributed by atoms with Crippen LogP contribution in [0.4, 0.5) is 0 Å². The Bertz CT molecular complexity index is 3220. The van der Waals surface area contributed by atoms with Gasteiger partial charge in [0.25, 0.3) is 0 Å². The van der Waals surface area contributed by atoms with Gasteiger partial charge in [-0.3, -0.25) is 9.59 Å². The van der Waals surface area contributed by atoms with E-state index in [1.807, 2.05) is 0 Å². The van der Waals surface area contributed by atoms with Gasteiger partial charge in [0.05, 0.1) is 22.0 Å². The summed E-state index contributed by atoms with van der Waals surface area (Å²) in [6.07, 6.45) is 0. The van der Waals surface area contributed by atoms with Crippen LogP contribution in [-0.2, 0) is 21.7 Å². The molecule has 3 nitrogen and oxygen atoms in total. The predicted octanol–water partition coefficient (Wildman–Crippen LogP) is 13.5. The number of hydrogen-bond acceptors (Lipinski definition) is 2. The van der Waals surface area contributed by atoms with Gasteiger partial charge in [-0.15, -0.1) is 0 Å². The molecule has 3 heteroatoms. The molecule has 0 unspecified atom stereocenters. The fourth-order valence-corrected chi connectivity index (χ4v) is 10.5. The number of rotatable bonds is 2. The summed E-state index contributed by atoms with van der Waals surface area (Å²) >= 11 is 0. The molecule has 1 aliphatic carbocycles. The van der Waals surface area contributed by atoms with Crippen molar-refractivity contribution >= 4 is 38.1 Å². The van der Waals surface area contributed by atoms with Crippen LogP contribution >= 0.6 is 0 Å². The zero-order valence-corrected chi connectivity index (χ0v) is 36.0. The molecule has 0 saturated heterocycles. The molecule has 2 aromatic heterocycles. The number of nitrogens with zero attached hydrogens (tertiary/aromatic N) is 1. The van der Waals surface area contributed by atoms with Gasteiger partial charge in [-0.25, -0.2) is 0 Å². The van der Waals surface area contributed by atoms with Crippen molar-refractivity contribution in [2.45, 2.75) is 84.0 Å². The molecular formula is C57H49NO2. The standard InChI is InChI=1S/C57H49NO2/c1-54(2,3)36-26-41-49-42(27-36)53(60)44-29-38(56(7,8)9)31-48-51(44)58(49)50-43(52(41)59)28-37(55(4,5)6)30-47(50)57(48)45-22-20-34(32-16-12-10-13-17-32)24-39(45)40-25-35(21-23-46(40)57)33-18-14-11-15-19-33/h10-31H,1-9H3. The predicted molar refractivity (Wildman–Crippen MR) is 251 cm³/mol. The van der Waals surface area contributed by atoms with Gasteiger partial charge in [0.1, 0.15) is 0 Å². The Labute approximate surface area is 351 Å². The van der Waals surface area contributed by atoms with Gasteiger partial charge in [0.15, 0.2) is 10.9 Å². The van der Waals surface area contributed by atoms with Gasteiger partial charge in [-0.2, -0.15) is 0 Å². The highest BCUT2D eigenvalue weighted by Crippen LogP contribution is 2.61. The molecule has 0 atom stereocenters. The smallest absolute Gasteiger partial charge is 0.197 e. The maximum Gasteiger partial charge on any atom is 0.197 e. The van der Waals surface area contributed by atoms with Crippen LogP contribution < -0.4 is 10.9 Å². The Morgan fingerprint density at radius 1 is 0.367 bits per heavy atom. The highest BCUT2D eigenvalue weighted by Gasteiger charge is 2.51. The average Bonchev–Trinajstić information content (AvgIpc) is 3.51. The highest BCUT2D eigenvalue weighted by molar-refractivity contribution is 6.13. The third kappa shape index (κ3) is 4.84. The molecule has 294 valence electrons. The fraction of sp³-hybridized carbons (Fsp3) is 0.228. The maximum absolute atomic E-state index is 15.4. The van der Waals surface area contributed by atoms with Gasteiger partial charge in [-0.1, -0.05) is 159 Å². The number of aromatic nitrogens is 1. The minimum Gasteiger partial charge on any atom is -0.307 e. The van der Waals surface area contributed by atoms with Crippen LogP contribution in [0.15, 0.2) is 143 Å². The van der Waals surface area contributed by atoms with Crippen LogP contribution in [0.5, 0.6) is 0 Å². The summed E-state index contributed by atoms with van der Waals surface area (Å²) in [5.41, 5.74) is 15.5. The summed E-state index contributed by atoms with van der Waals surface area (Å²) in [5, 5.41) is 2.61. The van der Waals surface area contributed by atoms with E-state index in [1.165, 1.54) is 22.3 Å². The second kappa shape index (κ2) is 11.9. The monoisotopic (exact) mass is 779 g/mol. The molecule has 9 aromatic rings. The quantitative estimate of drug-likeness (QED) is 0.129. The number of fused-ring (bicyclic) bond motifs is 7. The molecule has 1 spiro atoms. The summed E-state index contributed by atoms with van der Waals surface area (Å²) in [5.74, 6) is 0. The Morgan fingerprint density at radius 3 is 1.08 bits per heavy atom. The Balaban J connectivity index is 1.42.